The van der Waals surface area contributed by atoms with E-state index in [1.807, 2.05) is 20.8 Å². The molecule has 4 heteroatoms. The molecule has 0 saturated heterocycles. The first-order valence-corrected chi connectivity index (χ1v) is 6.95. The summed E-state index contributed by atoms with van der Waals surface area (Å²) in [6.45, 7) is 7.64. The minimum Gasteiger partial charge on any atom is -0.483 e. The molecule has 0 aliphatic heterocycles. The Bertz CT molecular complexity index is 480. The van der Waals surface area contributed by atoms with Gasteiger partial charge in [0.05, 0.1) is 5.56 Å². The van der Waals surface area contributed by atoms with Crippen molar-refractivity contribution in [3.05, 3.63) is 29.8 Å². The maximum atomic E-state index is 11.8. The molecule has 1 amide bonds. The summed E-state index contributed by atoms with van der Waals surface area (Å²) in [4.78, 5) is 23.6. The van der Waals surface area contributed by atoms with Crippen molar-refractivity contribution in [2.75, 3.05) is 6.61 Å². The predicted octanol–water partition coefficient (Wildman–Crippen LogP) is 2.96. The van der Waals surface area contributed by atoms with Gasteiger partial charge in [-0.25, -0.2) is 0 Å². The van der Waals surface area contributed by atoms with Gasteiger partial charge < -0.3 is 10.1 Å². The quantitative estimate of drug-likeness (QED) is 0.780. The van der Waals surface area contributed by atoms with E-state index in [1.165, 1.54) is 0 Å². The number of benzene rings is 1. The minimum absolute atomic E-state index is 0.00916. The highest BCUT2D eigenvalue weighted by Gasteiger charge is 2.18. The molecule has 0 unspecified atom stereocenters. The van der Waals surface area contributed by atoms with E-state index in [2.05, 4.69) is 5.32 Å². The largest absolute Gasteiger partial charge is 0.483 e. The Morgan fingerprint density at radius 1 is 1.20 bits per heavy atom. The summed E-state index contributed by atoms with van der Waals surface area (Å²) in [7, 11) is 0. The third-order valence-corrected chi connectivity index (χ3v) is 3.23. The predicted molar refractivity (Wildman–Crippen MR) is 79.1 cm³/mol. The molecule has 1 N–H and O–H groups in total. The highest BCUT2D eigenvalue weighted by molar-refractivity contribution is 5.98. The van der Waals surface area contributed by atoms with Crippen LogP contribution < -0.4 is 10.1 Å². The van der Waals surface area contributed by atoms with Crippen LogP contribution in [0.25, 0.3) is 0 Å². The van der Waals surface area contributed by atoms with E-state index in [1.54, 1.807) is 31.2 Å². The Labute approximate surface area is 120 Å². The van der Waals surface area contributed by atoms with E-state index in [0.717, 1.165) is 6.42 Å². The lowest BCUT2D eigenvalue weighted by molar-refractivity contribution is -0.124. The second-order valence-electron chi connectivity index (χ2n) is 5.35. The fourth-order valence-corrected chi connectivity index (χ4v) is 1.66. The minimum atomic E-state index is -0.251. The molecule has 0 bridgehead atoms. The molecule has 20 heavy (non-hydrogen) atoms. The first-order chi connectivity index (χ1) is 9.39. The lowest BCUT2D eigenvalue weighted by Crippen LogP contribution is -2.44. The molecule has 0 aliphatic rings. The Hall–Kier alpha value is -1.84. The number of ketones is 1. The number of amides is 1. The molecule has 0 heterocycles. The van der Waals surface area contributed by atoms with Crippen LogP contribution in [-0.4, -0.2) is 23.8 Å². The van der Waals surface area contributed by atoms with Gasteiger partial charge in [0.15, 0.2) is 12.4 Å². The number of hydrogen-bond acceptors (Lipinski definition) is 3. The molecule has 0 spiro atoms. The normalized spacial score (nSPS) is 11.0. The zero-order valence-corrected chi connectivity index (χ0v) is 12.7. The highest BCUT2D eigenvalue weighted by atomic mass is 16.5. The van der Waals surface area contributed by atoms with Gasteiger partial charge in [-0.3, -0.25) is 9.59 Å². The molecule has 0 atom stereocenters. The smallest absolute Gasteiger partial charge is 0.258 e. The molecule has 110 valence electrons. The van der Waals surface area contributed by atoms with Crippen molar-refractivity contribution < 1.29 is 14.3 Å². The molecule has 0 radical (unpaired) electrons. The van der Waals surface area contributed by atoms with Crippen LogP contribution in [0, 0.1) is 0 Å². The first-order valence-electron chi connectivity index (χ1n) is 6.95. The summed E-state index contributed by atoms with van der Waals surface area (Å²) in [5.41, 5.74) is 0.275. The van der Waals surface area contributed by atoms with Gasteiger partial charge >= 0.3 is 0 Å². The van der Waals surface area contributed by atoms with E-state index in [4.69, 9.17) is 4.74 Å². The zero-order chi connectivity index (χ0) is 15.2. The number of nitrogens with one attached hydrogen (secondary N) is 1. The number of hydrogen-bond donors (Lipinski definition) is 1. The maximum Gasteiger partial charge on any atom is 0.258 e. The number of ether oxygens (including phenoxy) is 1. The van der Waals surface area contributed by atoms with E-state index < -0.39 is 0 Å². The molecule has 1 aromatic rings. The fourth-order valence-electron chi connectivity index (χ4n) is 1.66. The molecule has 1 rings (SSSR count). The summed E-state index contributed by atoms with van der Waals surface area (Å²) in [5.74, 6) is 0.286. The van der Waals surface area contributed by atoms with E-state index in [9.17, 15) is 9.59 Å². The summed E-state index contributed by atoms with van der Waals surface area (Å²) < 4.78 is 5.48. The summed E-state index contributed by atoms with van der Waals surface area (Å²) in [6.07, 6.45) is 1.25. The van der Waals surface area contributed by atoms with Crippen molar-refractivity contribution in [2.45, 2.75) is 46.1 Å². The number of carbonyl (C=O) groups is 2. The van der Waals surface area contributed by atoms with Crippen molar-refractivity contribution >= 4 is 11.7 Å². The number of carbonyl (C=O) groups excluding carboxylic acids is 2. The summed E-state index contributed by atoms with van der Waals surface area (Å²) >= 11 is 0. The van der Waals surface area contributed by atoms with Gasteiger partial charge in [-0.05, 0) is 32.4 Å². The number of Topliss-reactive ketones (excluding diaryl/α,β-unsaturated/α-hetero) is 1. The van der Waals surface area contributed by atoms with Crippen molar-refractivity contribution in [3.8, 4) is 5.75 Å². The second-order valence-corrected chi connectivity index (χ2v) is 5.35. The monoisotopic (exact) mass is 277 g/mol. The molecule has 0 fully saturated rings. The van der Waals surface area contributed by atoms with Gasteiger partial charge in [0.1, 0.15) is 5.75 Å². The topological polar surface area (TPSA) is 55.4 Å². The summed E-state index contributed by atoms with van der Waals surface area (Å²) in [5, 5.41) is 2.89. The third-order valence-electron chi connectivity index (χ3n) is 3.23. The Balaban J connectivity index is 2.67. The standard InChI is InChI=1S/C16H23NO3/c1-5-13(18)12-9-7-8-10-14(12)20-11-15(19)17-16(3,4)6-2/h7-10H,5-6,11H2,1-4H3,(H,17,19). The Kier molecular flexibility index (Phi) is 5.74. The van der Waals surface area contributed by atoms with Gasteiger partial charge in [-0.1, -0.05) is 26.0 Å². The average Bonchev–Trinajstić information content (AvgIpc) is 2.44. The molecule has 0 saturated carbocycles. The van der Waals surface area contributed by atoms with Gasteiger partial charge in [0, 0.05) is 12.0 Å². The average molecular weight is 277 g/mol. The number of rotatable bonds is 7. The van der Waals surface area contributed by atoms with Gasteiger partial charge in [0.25, 0.3) is 5.91 Å². The van der Waals surface area contributed by atoms with Crippen LogP contribution in [0.3, 0.4) is 0 Å². The molecule has 0 aromatic heterocycles. The van der Waals surface area contributed by atoms with Crippen molar-refractivity contribution in [3.63, 3.8) is 0 Å². The first kappa shape index (κ1) is 16.2. The van der Waals surface area contributed by atoms with E-state index >= 15 is 0 Å². The van der Waals surface area contributed by atoms with Gasteiger partial charge in [0.2, 0.25) is 0 Å². The lowest BCUT2D eigenvalue weighted by atomic mass is 10.0. The van der Waals surface area contributed by atoms with Crippen molar-refractivity contribution in [1.82, 2.24) is 5.32 Å². The van der Waals surface area contributed by atoms with Crippen molar-refractivity contribution in [1.29, 1.82) is 0 Å². The highest BCUT2D eigenvalue weighted by Crippen LogP contribution is 2.19. The summed E-state index contributed by atoms with van der Waals surface area (Å²) in [6, 6.07) is 7.00. The van der Waals surface area contributed by atoms with Crippen LogP contribution in [0.5, 0.6) is 5.75 Å². The number of para-hydroxylation sites is 1. The van der Waals surface area contributed by atoms with Gasteiger partial charge in [-0.2, -0.15) is 0 Å². The molecular weight excluding hydrogens is 254 g/mol. The maximum absolute atomic E-state index is 11.8. The van der Waals surface area contributed by atoms with Crippen LogP contribution in [-0.2, 0) is 4.79 Å². The SMILES string of the molecule is CCC(=O)c1ccccc1OCC(=O)NC(C)(C)CC. The van der Waals surface area contributed by atoms with Crippen LogP contribution in [0.4, 0.5) is 0 Å². The van der Waals surface area contributed by atoms with Crippen LogP contribution in [0.15, 0.2) is 24.3 Å². The van der Waals surface area contributed by atoms with Crippen LogP contribution in [0.1, 0.15) is 50.9 Å². The zero-order valence-electron chi connectivity index (χ0n) is 12.7. The third kappa shape index (κ3) is 4.68. The van der Waals surface area contributed by atoms with Crippen molar-refractivity contribution in [2.24, 2.45) is 0 Å². The lowest BCUT2D eigenvalue weighted by Gasteiger charge is -2.24. The Morgan fingerprint density at radius 2 is 1.85 bits per heavy atom. The Morgan fingerprint density at radius 3 is 2.45 bits per heavy atom. The van der Waals surface area contributed by atoms with Crippen LogP contribution >= 0.6 is 0 Å². The molecule has 4 nitrogen and oxygen atoms in total. The fraction of sp³-hybridized carbons (Fsp3) is 0.500. The van der Waals surface area contributed by atoms with Crippen LogP contribution in [0.2, 0.25) is 0 Å². The molecule has 1 aromatic carbocycles. The second kappa shape index (κ2) is 7.08. The van der Waals surface area contributed by atoms with Gasteiger partial charge in [-0.15, -0.1) is 0 Å². The van der Waals surface area contributed by atoms with E-state index in [-0.39, 0.29) is 23.8 Å². The molecular formula is C16H23NO3. The van der Waals surface area contributed by atoms with E-state index in [0.29, 0.717) is 17.7 Å². The molecule has 0 aliphatic carbocycles.